The molecule has 1 amide bonds. The van der Waals surface area contributed by atoms with Gasteiger partial charge in [0.05, 0.1) is 19.9 Å². The van der Waals surface area contributed by atoms with E-state index in [2.05, 4.69) is 10.4 Å². The molecule has 0 unspecified atom stereocenters. The summed E-state index contributed by atoms with van der Waals surface area (Å²) in [6.45, 7) is 3.82. The third kappa shape index (κ3) is 4.66. The summed E-state index contributed by atoms with van der Waals surface area (Å²) in [5, 5.41) is 7.09. The van der Waals surface area contributed by atoms with Gasteiger partial charge in [-0.15, -0.1) is 0 Å². The molecule has 3 rings (SSSR count). The Hall–Kier alpha value is -3.55. The number of carbonyl (C=O) groups is 1. The van der Waals surface area contributed by atoms with Crippen LogP contribution >= 0.6 is 0 Å². The number of amides is 1. The van der Waals surface area contributed by atoms with Crippen molar-refractivity contribution in [2.75, 3.05) is 20.3 Å². The minimum absolute atomic E-state index is 0.279. The molecule has 0 radical (unpaired) electrons. The highest BCUT2D eigenvalue weighted by Gasteiger charge is 2.32. The van der Waals surface area contributed by atoms with E-state index in [1.165, 1.54) is 12.3 Å². The lowest BCUT2D eigenvalue weighted by atomic mass is 10.0. The Morgan fingerprint density at radius 3 is 2.52 bits per heavy atom. The molecule has 0 aliphatic rings. The number of carbonyl (C=O) groups excluding carboxylic acids is 1. The molecule has 29 heavy (non-hydrogen) atoms. The topological polar surface area (TPSA) is 95.6 Å². The van der Waals surface area contributed by atoms with Crippen LogP contribution in [0.1, 0.15) is 13.8 Å². The molecule has 0 fully saturated rings. The normalized spacial score (nSPS) is 11.1. The van der Waals surface area contributed by atoms with E-state index < -0.39 is 5.54 Å². The zero-order chi connectivity index (χ0) is 20.9. The molecule has 0 bridgehead atoms. The molecule has 1 N–H and O–H groups in total. The molecule has 152 valence electrons. The molecule has 0 saturated carbocycles. The van der Waals surface area contributed by atoms with Crippen molar-refractivity contribution in [2.24, 2.45) is 0 Å². The lowest BCUT2D eigenvalue weighted by Gasteiger charge is -2.25. The van der Waals surface area contributed by atoms with Crippen molar-refractivity contribution in [1.82, 2.24) is 15.1 Å². The molecule has 0 aliphatic carbocycles. The van der Waals surface area contributed by atoms with Crippen molar-refractivity contribution in [3.8, 4) is 23.0 Å². The lowest BCUT2D eigenvalue weighted by molar-refractivity contribution is -0.129. The van der Waals surface area contributed by atoms with Gasteiger partial charge in [-0.25, -0.2) is 4.68 Å². The van der Waals surface area contributed by atoms with Crippen LogP contribution in [0.4, 0.5) is 0 Å². The van der Waals surface area contributed by atoms with E-state index in [4.69, 9.17) is 13.9 Å². The Kier molecular flexibility index (Phi) is 6.01. The molecule has 8 heteroatoms. The van der Waals surface area contributed by atoms with Gasteiger partial charge in [0.2, 0.25) is 5.91 Å². The monoisotopic (exact) mass is 397 g/mol. The lowest BCUT2D eigenvalue weighted by Crippen LogP contribution is -2.50. The second-order valence-corrected chi connectivity index (χ2v) is 6.78. The number of nitrogens with one attached hydrogen (secondary N) is 1. The summed E-state index contributed by atoms with van der Waals surface area (Å²) in [4.78, 5) is 25.0. The first-order chi connectivity index (χ1) is 13.9. The van der Waals surface area contributed by atoms with Crippen molar-refractivity contribution < 1.29 is 18.7 Å². The van der Waals surface area contributed by atoms with Gasteiger partial charge >= 0.3 is 0 Å². The summed E-state index contributed by atoms with van der Waals surface area (Å²) in [5.41, 5.74) is -1.10. The van der Waals surface area contributed by atoms with E-state index in [0.717, 1.165) is 10.4 Å². The van der Waals surface area contributed by atoms with Gasteiger partial charge in [0, 0.05) is 6.07 Å². The van der Waals surface area contributed by atoms with Gasteiger partial charge in [-0.1, -0.05) is 0 Å². The van der Waals surface area contributed by atoms with Gasteiger partial charge in [0.1, 0.15) is 29.3 Å². The minimum Gasteiger partial charge on any atom is -0.497 e. The van der Waals surface area contributed by atoms with Gasteiger partial charge in [0.15, 0.2) is 5.76 Å². The molecular formula is C21H23N3O5. The van der Waals surface area contributed by atoms with Crippen molar-refractivity contribution in [3.63, 3.8) is 0 Å². The predicted octanol–water partition coefficient (Wildman–Crippen LogP) is 2.44. The van der Waals surface area contributed by atoms with E-state index in [1.54, 1.807) is 63.4 Å². The quantitative estimate of drug-likeness (QED) is 0.587. The fourth-order valence-electron chi connectivity index (χ4n) is 2.69. The highest BCUT2D eigenvalue weighted by molar-refractivity contribution is 5.83. The van der Waals surface area contributed by atoms with Crippen LogP contribution in [0.15, 0.2) is 64.0 Å². The van der Waals surface area contributed by atoms with Crippen LogP contribution in [0.3, 0.4) is 0 Å². The number of hydrogen-bond donors (Lipinski definition) is 1. The number of aromatic nitrogens is 2. The Balaban J connectivity index is 1.62. The van der Waals surface area contributed by atoms with Crippen LogP contribution in [-0.2, 0) is 10.3 Å². The van der Waals surface area contributed by atoms with Gasteiger partial charge < -0.3 is 19.2 Å². The second-order valence-electron chi connectivity index (χ2n) is 6.78. The number of methoxy groups -OCH3 is 1. The Morgan fingerprint density at radius 1 is 1.14 bits per heavy atom. The predicted molar refractivity (Wildman–Crippen MR) is 107 cm³/mol. The van der Waals surface area contributed by atoms with E-state index in [0.29, 0.717) is 17.2 Å². The number of furan rings is 1. The maximum absolute atomic E-state index is 12.7. The molecule has 0 aliphatic heterocycles. The maximum atomic E-state index is 12.7. The maximum Gasteiger partial charge on any atom is 0.267 e. The number of rotatable bonds is 8. The smallest absolute Gasteiger partial charge is 0.267 e. The van der Waals surface area contributed by atoms with Crippen LogP contribution in [-0.4, -0.2) is 35.9 Å². The summed E-state index contributed by atoms with van der Waals surface area (Å²) < 4.78 is 17.2. The molecular weight excluding hydrogens is 374 g/mol. The Bertz CT molecular complexity index is 1010. The van der Waals surface area contributed by atoms with Gasteiger partial charge in [-0.2, -0.15) is 5.10 Å². The zero-order valence-electron chi connectivity index (χ0n) is 16.5. The first-order valence-corrected chi connectivity index (χ1v) is 9.12. The molecule has 3 aromatic rings. The Labute approximate surface area is 168 Å². The number of hydrogen-bond acceptors (Lipinski definition) is 6. The number of ether oxygens (including phenoxy) is 2. The van der Waals surface area contributed by atoms with E-state index in [-0.39, 0.29) is 24.6 Å². The summed E-state index contributed by atoms with van der Waals surface area (Å²) in [6, 6.07) is 13.6. The van der Waals surface area contributed by atoms with Crippen molar-refractivity contribution in [2.45, 2.75) is 19.4 Å². The summed E-state index contributed by atoms with van der Waals surface area (Å²) >= 11 is 0. The van der Waals surface area contributed by atoms with Crippen molar-refractivity contribution >= 4 is 5.91 Å². The first-order valence-electron chi connectivity index (χ1n) is 9.12. The molecule has 0 saturated heterocycles. The van der Waals surface area contributed by atoms with Gasteiger partial charge in [-0.05, 0) is 56.3 Å². The highest BCUT2D eigenvalue weighted by Crippen LogP contribution is 2.19. The third-order valence-electron chi connectivity index (χ3n) is 4.37. The number of nitrogens with zero attached hydrogens (tertiary/aromatic N) is 2. The fraction of sp³-hybridized carbons (Fsp3) is 0.286. The fourth-order valence-corrected chi connectivity index (χ4v) is 2.69. The van der Waals surface area contributed by atoms with E-state index >= 15 is 0 Å². The third-order valence-corrected chi connectivity index (χ3v) is 4.37. The molecule has 0 atom stereocenters. The summed E-state index contributed by atoms with van der Waals surface area (Å²) in [5.74, 6) is 1.58. The SMILES string of the molecule is COc1ccc(OCCNC(=O)C(C)(C)n2nc(-c3ccco3)ccc2=O)cc1. The first kappa shape index (κ1) is 20.2. The summed E-state index contributed by atoms with van der Waals surface area (Å²) in [7, 11) is 1.59. The van der Waals surface area contributed by atoms with Crippen LogP contribution in [0.2, 0.25) is 0 Å². The average molecular weight is 397 g/mol. The van der Waals surface area contributed by atoms with Crippen molar-refractivity contribution in [1.29, 1.82) is 0 Å². The van der Waals surface area contributed by atoms with Crippen LogP contribution < -0.4 is 20.3 Å². The molecule has 2 heterocycles. The second kappa shape index (κ2) is 8.64. The minimum atomic E-state index is -1.19. The van der Waals surface area contributed by atoms with Gasteiger partial charge in [-0.3, -0.25) is 9.59 Å². The number of benzene rings is 1. The largest absolute Gasteiger partial charge is 0.497 e. The van der Waals surface area contributed by atoms with E-state index in [1.807, 2.05) is 0 Å². The van der Waals surface area contributed by atoms with Gasteiger partial charge in [0.25, 0.3) is 5.56 Å². The van der Waals surface area contributed by atoms with E-state index in [9.17, 15) is 9.59 Å². The molecule has 2 aromatic heterocycles. The van der Waals surface area contributed by atoms with Crippen molar-refractivity contribution in [3.05, 3.63) is 65.1 Å². The molecule has 1 aromatic carbocycles. The zero-order valence-corrected chi connectivity index (χ0v) is 16.5. The Morgan fingerprint density at radius 2 is 1.86 bits per heavy atom. The summed E-state index contributed by atoms with van der Waals surface area (Å²) in [6.07, 6.45) is 1.52. The highest BCUT2D eigenvalue weighted by atomic mass is 16.5. The van der Waals surface area contributed by atoms with Crippen LogP contribution in [0, 0.1) is 0 Å². The van der Waals surface area contributed by atoms with Crippen LogP contribution in [0.5, 0.6) is 11.5 Å². The van der Waals surface area contributed by atoms with Crippen LogP contribution in [0.25, 0.3) is 11.5 Å². The molecule has 8 nitrogen and oxygen atoms in total. The standard InChI is InChI=1S/C21H23N3O5/c1-21(2,24-19(25)11-10-17(23-24)18-5-4-13-29-18)20(26)22-12-14-28-16-8-6-15(27-3)7-9-16/h4-11,13H,12,14H2,1-3H3,(H,22,26). The average Bonchev–Trinajstić information content (AvgIpc) is 3.26. The molecule has 0 spiro atoms.